The van der Waals surface area contributed by atoms with Gasteiger partial charge in [0.15, 0.2) is 5.79 Å². The van der Waals surface area contributed by atoms with E-state index in [0.717, 1.165) is 0 Å². The lowest BCUT2D eigenvalue weighted by atomic mass is 9.99. The van der Waals surface area contributed by atoms with Crippen LogP contribution in [0.1, 0.15) is 40.2 Å². The number of aliphatic hydroxyl groups is 1. The fourth-order valence-electron chi connectivity index (χ4n) is 5.72. The third kappa shape index (κ3) is 4.85. The van der Waals surface area contributed by atoms with E-state index in [1.165, 1.54) is 10.4 Å². The van der Waals surface area contributed by atoms with Crippen LogP contribution in [0.15, 0.2) is 82.0 Å². The molecule has 5 rings (SSSR count). The van der Waals surface area contributed by atoms with Crippen molar-refractivity contribution in [2.75, 3.05) is 6.61 Å². The maximum absolute atomic E-state index is 12.0. The van der Waals surface area contributed by atoms with Gasteiger partial charge in [0.05, 0.1) is 6.61 Å². The summed E-state index contributed by atoms with van der Waals surface area (Å²) in [6.07, 6.45) is -1.88. The van der Waals surface area contributed by atoms with Gasteiger partial charge in [-0.15, -0.1) is 0 Å². The van der Waals surface area contributed by atoms with E-state index in [1.54, 1.807) is 12.1 Å². The van der Waals surface area contributed by atoms with E-state index in [4.69, 9.17) is 18.6 Å². The quantitative estimate of drug-likeness (QED) is 0.287. The number of fused-ring (bicyclic) bond motifs is 1. The first-order valence-electron chi connectivity index (χ1n) is 12.7. The molecule has 0 saturated carbocycles. The summed E-state index contributed by atoms with van der Waals surface area (Å²) in [6, 6.07) is 24.5. The summed E-state index contributed by atoms with van der Waals surface area (Å²) in [7, 11) is -2.83. The number of halogens is 2. The molecule has 1 N–H and O–H groups in total. The van der Waals surface area contributed by atoms with Crippen molar-refractivity contribution in [1.82, 2.24) is 4.98 Å². The van der Waals surface area contributed by atoms with Crippen LogP contribution in [0.3, 0.4) is 0 Å². The van der Waals surface area contributed by atoms with Crippen LogP contribution < -0.4 is 10.4 Å². The maximum Gasteiger partial charge on any atom is 0.261 e. The lowest BCUT2D eigenvalue weighted by Gasteiger charge is -2.43. The molecule has 38 heavy (non-hydrogen) atoms. The van der Waals surface area contributed by atoms with E-state index in [-0.39, 0.29) is 11.6 Å². The number of ether oxygens (including phenoxy) is 3. The van der Waals surface area contributed by atoms with Crippen molar-refractivity contribution in [2.45, 2.75) is 69.5 Å². The zero-order chi connectivity index (χ0) is 27.3. The molecule has 0 bridgehead atoms. The lowest BCUT2D eigenvalue weighted by molar-refractivity contribution is -0.283. The minimum Gasteiger partial charge on any atom is -0.405 e. The minimum atomic E-state index is -2.83. The topological polar surface area (TPSA) is 70.0 Å². The molecule has 0 spiro atoms. The van der Waals surface area contributed by atoms with Crippen molar-refractivity contribution in [3.63, 3.8) is 0 Å². The number of hydrogen-bond acceptors (Lipinski definition) is 6. The number of pyridine rings is 1. The summed E-state index contributed by atoms with van der Waals surface area (Å²) in [5.74, 6) is -2.66. The molecule has 6 nitrogen and oxygen atoms in total. The van der Waals surface area contributed by atoms with Crippen LogP contribution in [-0.2, 0) is 24.4 Å². The van der Waals surface area contributed by atoms with Crippen molar-refractivity contribution in [2.24, 2.45) is 0 Å². The second-order valence-electron chi connectivity index (χ2n) is 11.3. The molecule has 2 aliphatic heterocycles. The van der Waals surface area contributed by atoms with Gasteiger partial charge in [-0.2, -0.15) is 0 Å². The summed E-state index contributed by atoms with van der Waals surface area (Å²) >= 11 is 6.88. The van der Waals surface area contributed by atoms with Gasteiger partial charge < -0.3 is 23.7 Å². The molecule has 2 aliphatic rings. The van der Waals surface area contributed by atoms with Gasteiger partial charge in [-0.25, -0.2) is 4.98 Å². The van der Waals surface area contributed by atoms with Gasteiger partial charge in [0.2, 0.25) is 5.79 Å². The summed E-state index contributed by atoms with van der Waals surface area (Å²) in [5.41, 5.74) is 0.477. The smallest absolute Gasteiger partial charge is 0.261 e. The van der Waals surface area contributed by atoms with Crippen LogP contribution in [0.25, 0.3) is 0 Å². The van der Waals surface area contributed by atoms with Gasteiger partial charge in [-0.1, -0.05) is 81.4 Å². The van der Waals surface area contributed by atoms with Gasteiger partial charge in [-0.05, 0) is 73.3 Å². The Morgan fingerprint density at radius 3 is 2.00 bits per heavy atom. The first-order chi connectivity index (χ1) is 17.9. The van der Waals surface area contributed by atoms with Crippen molar-refractivity contribution in [1.29, 1.82) is 0 Å². The minimum absolute atomic E-state index is 0.199. The predicted octanol–water partition coefficient (Wildman–Crippen LogP) is 5.25. The molecule has 2 saturated heterocycles. The van der Waals surface area contributed by atoms with Gasteiger partial charge in [-0.3, -0.25) is 0 Å². The van der Waals surface area contributed by atoms with E-state index >= 15 is 0 Å². The molecular formula is C29H33Br2NO5Si. The Balaban J connectivity index is 1.55. The molecule has 0 amide bonds. The number of aromatic nitrogens is 1. The Bertz CT molecular complexity index is 1250. The third-order valence-electron chi connectivity index (χ3n) is 7.29. The zero-order valence-electron chi connectivity index (χ0n) is 22.2. The van der Waals surface area contributed by atoms with Crippen molar-refractivity contribution in [3.8, 4) is 0 Å². The Kier molecular flexibility index (Phi) is 7.54. The molecule has 2 fully saturated rings. The number of benzene rings is 2. The molecule has 3 heterocycles. The first kappa shape index (κ1) is 28.1. The van der Waals surface area contributed by atoms with Crippen molar-refractivity contribution >= 4 is 50.6 Å². The fraction of sp³-hybridized carbons (Fsp3) is 0.414. The van der Waals surface area contributed by atoms with E-state index in [1.807, 2.05) is 26.0 Å². The van der Waals surface area contributed by atoms with Gasteiger partial charge in [0.25, 0.3) is 8.32 Å². The molecule has 1 aromatic heterocycles. The van der Waals surface area contributed by atoms with E-state index in [0.29, 0.717) is 14.8 Å². The second-order valence-corrected chi connectivity index (χ2v) is 17.2. The summed E-state index contributed by atoms with van der Waals surface area (Å²) < 4.78 is 27.2. The molecule has 3 aromatic rings. The number of nitrogens with zero attached hydrogens (tertiary/aromatic N) is 1. The predicted molar refractivity (Wildman–Crippen MR) is 156 cm³/mol. The van der Waals surface area contributed by atoms with Crippen LogP contribution >= 0.6 is 31.9 Å². The largest absolute Gasteiger partial charge is 0.405 e. The second kappa shape index (κ2) is 10.2. The number of rotatable bonds is 6. The van der Waals surface area contributed by atoms with Crippen LogP contribution in [0.2, 0.25) is 5.04 Å². The molecule has 4 atom stereocenters. The maximum atomic E-state index is 12.0. The van der Waals surface area contributed by atoms with Crippen molar-refractivity contribution < 1.29 is 23.7 Å². The zero-order valence-corrected chi connectivity index (χ0v) is 26.3. The van der Waals surface area contributed by atoms with Gasteiger partial charge in [0, 0.05) is 5.56 Å². The highest BCUT2D eigenvalue weighted by Gasteiger charge is 2.64. The third-order valence-corrected chi connectivity index (χ3v) is 13.3. The molecule has 0 aliphatic carbocycles. The van der Waals surface area contributed by atoms with Gasteiger partial charge >= 0.3 is 0 Å². The molecule has 2 aromatic carbocycles. The normalized spacial score (nSPS) is 26.9. The van der Waals surface area contributed by atoms with Crippen molar-refractivity contribution in [3.05, 3.63) is 87.6 Å². The highest BCUT2D eigenvalue weighted by Crippen LogP contribution is 2.49. The average molecular weight is 663 g/mol. The Hall–Kier alpha value is -1.43. The molecule has 9 heteroatoms. The molecular weight excluding hydrogens is 630 g/mol. The summed E-state index contributed by atoms with van der Waals surface area (Å²) in [5, 5.41) is 14.1. The average Bonchev–Trinajstić information content (AvgIpc) is 3.31. The highest BCUT2D eigenvalue weighted by molar-refractivity contribution is 9.11. The number of hydrogen-bond donors (Lipinski definition) is 1. The summed E-state index contributed by atoms with van der Waals surface area (Å²) in [4.78, 5) is 4.41. The van der Waals surface area contributed by atoms with E-state index in [2.05, 4.69) is 106 Å². The summed E-state index contributed by atoms with van der Waals surface area (Å²) in [6.45, 7) is 10.6. The van der Waals surface area contributed by atoms with Crippen LogP contribution in [-0.4, -0.2) is 49.1 Å². The Labute approximate surface area is 242 Å². The van der Waals surface area contributed by atoms with Gasteiger partial charge in [0.1, 0.15) is 27.5 Å². The van der Waals surface area contributed by atoms with Crippen LogP contribution in [0.5, 0.6) is 0 Å². The molecule has 4 unspecified atom stereocenters. The fourth-order valence-corrected chi connectivity index (χ4v) is 11.4. The van der Waals surface area contributed by atoms with Crippen LogP contribution in [0, 0.1) is 0 Å². The highest BCUT2D eigenvalue weighted by atomic mass is 79.9. The molecule has 0 radical (unpaired) electrons. The Morgan fingerprint density at radius 1 is 0.895 bits per heavy atom. The Morgan fingerprint density at radius 2 is 1.47 bits per heavy atom. The first-order valence-corrected chi connectivity index (χ1v) is 16.2. The monoisotopic (exact) mass is 661 g/mol. The lowest BCUT2D eigenvalue weighted by Crippen LogP contribution is -2.67. The van der Waals surface area contributed by atoms with E-state index in [9.17, 15) is 5.11 Å². The van der Waals surface area contributed by atoms with Crippen LogP contribution in [0.4, 0.5) is 0 Å². The van der Waals surface area contributed by atoms with E-state index < -0.39 is 38.2 Å². The standard InChI is InChI=1S/C29H33Br2NO5Si/c1-27(2,3)38(19-12-8-6-9-13-19,20-14-10-7-11-15-20)34-18-22-24-25(37-28(4,5)36-24)29(33,35-22)21-16-17-23(30)32-26(21)31/h6-17,22,24-25,33H,18H2,1-5H3. The molecule has 202 valence electrons. The SMILES string of the molecule is CC1(C)OC2C(CO[Si](c3ccccc3)(c3ccccc3)C(C)(C)C)OC(O)(c3ccc(Br)nc3Br)C2O1.